The summed E-state index contributed by atoms with van der Waals surface area (Å²) in [6, 6.07) is 15.6. The van der Waals surface area contributed by atoms with Crippen LogP contribution in [0.3, 0.4) is 0 Å². The summed E-state index contributed by atoms with van der Waals surface area (Å²) in [5.41, 5.74) is 4.64. The van der Waals surface area contributed by atoms with Gasteiger partial charge in [0.05, 0.1) is 152 Å². The molecule has 0 atom stereocenters. The normalized spacial score (nSPS) is 12.1. The lowest BCUT2D eigenvalue weighted by Gasteiger charge is -2.09. The van der Waals surface area contributed by atoms with Gasteiger partial charge in [-0.3, -0.25) is 0 Å². The first-order valence-corrected chi connectivity index (χ1v) is 33.9. The number of hydrogen-bond acceptors (Lipinski definition) is 22. The highest BCUT2D eigenvalue weighted by Gasteiger charge is 2.26. The molecule has 4 aromatic carbocycles. The van der Waals surface area contributed by atoms with Gasteiger partial charge in [0.25, 0.3) is 0 Å². The number of benzene rings is 4. The fourth-order valence-corrected chi connectivity index (χ4v) is 13.5. The van der Waals surface area contributed by atoms with Gasteiger partial charge in [-0.25, -0.2) is 29.9 Å². The molecule has 20 nitrogen and oxygen atoms in total. The van der Waals surface area contributed by atoms with Crippen molar-refractivity contribution in [2.24, 2.45) is 0 Å². The molecule has 0 fully saturated rings. The van der Waals surface area contributed by atoms with Crippen molar-refractivity contribution in [2.45, 2.75) is 19.6 Å². The molecule has 0 amide bonds. The van der Waals surface area contributed by atoms with Crippen LogP contribution in [-0.4, -0.2) is 223 Å². The van der Waals surface area contributed by atoms with Gasteiger partial charge in [-0.05, 0) is 48.5 Å². The topological polar surface area (TPSA) is 220 Å². The maximum absolute atomic E-state index is 7.19. The van der Waals surface area contributed by atoms with Gasteiger partial charge in [-0.2, -0.15) is 0 Å². The van der Waals surface area contributed by atoms with Gasteiger partial charge in [-0.15, -0.1) is 47.0 Å². The van der Waals surface area contributed by atoms with Gasteiger partial charge in [-0.1, -0.05) is 46.4 Å². The first-order valence-electron chi connectivity index (χ1n) is 28.4. The number of thioether (sulfide) groups is 4. The van der Waals surface area contributed by atoms with Crippen molar-refractivity contribution in [1.29, 1.82) is 0 Å². The maximum Gasteiger partial charge on any atom is 0.164 e. The summed E-state index contributed by atoms with van der Waals surface area (Å²) < 4.78 is 66.2. The molecule has 28 heteroatoms. The lowest BCUT2D eigenvalue weighted by molar-refractivity contribution is 0.0286. The molecule has 0 saturated heterocycles. The number of aromatic nitrogens is 8. The number of nitrogens with one attached hydrogen (secondary N) is 2. The van der Waals surface area contributed by atoms with E-state index in [4.69, 9.17) is 133 Å². The number of ether oxygens (including phenoxy) is 12. The summed E-state index contributed by atoms with van der Waals surface area (Å²) in [7, 11) is 6.57. The number of halogens is 4. The van der Waals surface area contributed by atoms with Crippen LogP contribution in [0, 0.1) is 0 Å². The fraction of sp³-hybridized carbons (Fsp3) is 0.467. The smallest absolute Gasteiger partial charge is 0.164 e. The number of hydrogen-bond donors (Lipinski definition) is 2. The second kappa shape index (κ2) is 36.5. The Bertz CT molecular complexity index is 3370. The lowest BCUT2D eigenvalue weighted by atomic mass is 10.1. The molecule has 0 aliphatic carbocycles. The molecular weight excluding hydrogens is 1290 g/mol. The molecular formula is C60H70Cl4N8O12S4. The van der Waals surface area contributed by atoms with Gasteiger partial charge < -0.3 is 66.8 Å². The van der Waals surface area contributed by atoms with Crippen LogP contribution in [0.2, 0.25) is 20.1 Å². The van der Waals surface area contributed by atoms with Crippen LogP contribution >= 0.6 is 93.5 Å². The van der Waals surface area contributed by atoms with E-state index in [1.54, 1.807) is 75.5 Å². The van der Waals surface area contributed by atoms with E-state index in [0.717, 1.165) is 30.4 Å². The molecule has 0 saturated carbocycles. The number of fused-ring (bicyclic) bond motifs is 20. The van der Waals surface area contributed by atoms with Gasteiger partial charge in [0.2, 0.25) is 0 Å². The summed E-state index contributed by atoms with van der Waals surface area (Å²) in [5, 5.41) is 4.97. The van der Waals surface area contributed by atoms with Crippen molar-refractivity contribution < 1.29 is 56.8 Å². The van der Waals surface area contributed by atoms with Crippen LogP contribution in [0.1, 0.15) is 0 Å². The monoisotopic (exact) mass is 1360 g/mol. The van der Waals surface area contributed by atoms with Gasteiger partial charge in [0.1, 0.15) is 22.6 Å². The molecule has 88 heavy (non-hydrogen) atoms. The van der Waals surface area contributed by atoms with E-state index in [1.165, 1.54) is 0 Å². The van der Waals surface area contributed by atoms with Crippen LogP contribution in [0.5, 0.6) is 0 Å². The molecule has 7 aromatic rings. The molecule has 2 N–H and O–H groups in total. The second-order valence-corrected chi connectivity index (χ2v) is 25.4. The molecule has 8 bridgehead atoms. The predicted octanol–water partition coefficient (Wildman–Crippen LogP) is 12.6. The van der Waals surface area contributed by atoms with E-state index in [9.17, 15) is 0 Å². The molecule has 3 aromatic heterocycles. The Morgan fingerprint density at radius 2 is 0.511 bits per heavy atom. The summed E-state index contributed by atoms with van der Waals surface area (Å²) in [5.74, 6) is 4.02. The average molecular weight is 1370 g/mol. The van der Waals surface area contributed by atoms with E-state index in [1.807, 2.05) is 48.5 Å². The Labute approximate surface area is 547 Å². The minimum atomic E-state index is 0.371. The third kappa shape index (κ3) is 19.2. The van der Waals surface area contributed by atoms with E-state index in [2.05, 4.69) is 9.97 Å². The molecule has 9 rings (SSSR count). The van der Waals surface area contributed by atoms with E-state index in [0.29, 0.717) is 254 Å². The number of nitrogens with zero attached hydrogens (tertiary/aromatic N) is 6. The number of H-pyrrole nitrogens is 2. The molecule has 0 radical (unpaired) electrons. The van der Waals surface area contributed by atoms with Crippen LogP contribution in [0.4, 0.5) is 0 Å². The zero-order valence-corrected chi connectivity index (χ0v) is 55.6. The van der Waals surface area contributed by atoms with Crippen molar-refractivity contribution in [2.75, 3.05) is 184 Å². The highest BCUT2D eigenvalue weighted by Crippen LogP contribution is 2.45. The predicted molar refractivity (Wildman–Crippen MR) is 353 cm³/mol. The molecule has 0 unspecified atom stereocenters. The van der Waals surface area contributed by atoms with Crippen molar-refractivity contribution in [1.82, 2.24) is 39.9 Å². The van der Waals surface area contributed by atoms with E-state index < -0.39 is 0 Å². The van der Waals surface area contributed by atoms with Crippen LogP contribution in [0.15, 0.2) is 68.1 Å². The molecule has 5 heterocycles. The van der Waals surface area contributed by atoms with E-state index >= 15 is 0 Å². The highest BCUT2D eigenvalue weighted by molar-refractivity contribution is 8.00. The second-order valence-electron chi connectivity index (χ2n) is 19.2. The quantitative estimate of drug-likeness (QED) is 0.0269. The van der Waals surface area contributed by atoms with Gasteiger partial charge in [0, 0.05) is 115 Å². The van der Waals surface area contributed by atoms with E-state index in [-0.39, 0.29) is 0 Å². The average Bonchev–Trinajstić information content (AvgIpc) is 2.08. The fourth-order valence-electron chi connectivity index (χ4n) is 8.93. The summed E-state index contributed by atoms with van der Waals surface area (Å²) >= 11 is 35.0. The van der Waals surface area contributed by atoms with Gasteiger partial charge in [0.15, 0.2) is 23.3 Å². The molecule has 2 aliphatic heterocycles. The number of aromatic amines is 2. The maximum atomic E-state index is 7.19. The summed E-state index contributed by atoms with van der Waals surface area (Å²) in [6.45, 7) is 9.68. The zero-order chi connectivity index (χ0) is 61.5. The Hall–Kier alpha value is -3.68. The Morgan fingerprint density at radius 1 is 0.284 bits per heavy atom. The minimum Gasteiger partial charge on any atom is -0.382 e. The zero-order valence-electron chi connectivity index (χ0n) is 49.3. The third-order valence-electron chi connectivity index (χ3n) is 13.2. The third-order valence-corrected chi connectivity index (χ3v) is 19.0. The molecule has 474 valence electrons. The van der Waals surface area contributed by atoms with Crippen LogP contribution in [-0.2, 0) is 56.8 Å². The standard InChI is InChI=1S/C60H70Cl4N8O12S4/c1-73-5-9-77-13-17-81-21-25-85-49-33-41-37(29-45(49)61)53-65-57(41)69-54-38-30-46(62)50(86-26-22-82-18-14-78-10-6-74-2)34-42(38)59(66-54)71-56-40-32-48(64)52(88-28-24-84-20-16-80-12-8-76-4)36-44(40)60(68-56)72-55-39-31-47(63)51(35-43(39)58(67-55)70-53)87-27-23-83-19-15-79-11-7-75-3/h29-36H,5-28H2,1-4H3,(H2,65,66,67,68,69,70,71,72). The van der Waals surface area contributed by atoms with Crippen molar-refractivity contribution >= 4 is 138 Å². The number of rotatable bonds is 40. The van der Waals surface area contributed by atoms with Crippen molar-refractivity contribution in [3.63, 3.8) is 0 Å². The molecule has 0 spiro atoms. The Morgan fingerprint density at radius 3 is 0.795 bits per heavy atom. The summed E-state index contributed by atoms with van der Waals surface area (Å²) in [6.07, 6.45) is 0. The van der Waals surface area contributed by atoms with Crippen molar-refractivity contribution in [3.8, 4) is 45.6 Å². The SMILES string of the molecule is COCCOCCOCCSc1cc2c(cc1Cl)-c1nc-2nc2[nH]c(nc3nc(nc4[nH]c(n1)c1cc(SCCOCCOCCOC)c(Cl)cc41)-c1cc(SCCOCCOCCOC)c(Cl)cc1-3)c1cc(SCCOCCOCCOC)c(Cl)cc21. The van der Waals surface area contributed by atoms with Crippen molar-refractivity contribution in [3.05, 3.63) is 68.6 Å². The minimum absolute atomic E-state index is 0.371. The van der Waals surface area contributed by atoms with Gasteiger partial charge >= 0.3 is 0 Å². The first kappa shape index (κ1) is 68.7. The largest absolute Gasteiger partial charge is 0.382 e. The highest BCUT2D eigenvalue weighted by atomic mass is 35.5. The Kier molecular flexibility index (Phi) is 28.5. The Balaban J connectivity index is 1.15. The summed E-state index contributed by atoms with van der Waals surface area (Å²) in [4.78, 5) is 42.1. The first-order chi connectivity index (χ1) is 43.2. The van der Waals surface area contributed by atoms with Crippen LogP contribution < -0.4 is 0 Å². The number of methoxy groups -OCH3 is 4. The van der Waals surface area contributed by atoms with Crippen LogP contribution in [0.25, 0.3) is 89.7 Å². The lowest BCUT2D eigenvalue weighted by Crippen LogP contribution is -2.09. The molecule has 2 aliphatic rings.